The van der Waals surface area contributed by atoms with E-state index in [1.54, 1.807) is 12.3 Å². The summed E-state index contributed by atoms with van der Waals surface area (Å²) in [5, 5.41) is 35.6. The largest absolute Gasteiger partial charge is 0.387 e. The Labute approximate surface area is 193 Å². The number of ether oxygens (including phenoxy) is 3. The number of aliphatic hydroxyl groups is 3. The van der Waals surface area contributed by atoms with Gasteiger partial charge in [-0.25, -0.2) is 14.4 Å². The molecular formula is C21H24ClFN4O6. The van der Waals surface area contributed by atoms with Crippen LogP contribution in [0, 0.1) is 5.82 Å². The van der Waals surface area contributed by atoms with Crippen molar-refractivity contribution in [1.82, 2.24) is 14.5 Å². The van der Waals surface area contributed by atoms with Gasteiger partial charge in [0, 0.05) is 20.4 Å². The van der Waals surface area contributed by atoms with Crippen LogP contribution in [-0.4, -0.2) is 75.2 Å². The molecule has 1 aliphatic heterocycles. The highest BCUT2D eigenvalue weighted by molar-refractivity contribution is 6.30. The van der Waals surface area contributed by atoms with Crippen LogP contribution in [0.15, 0.2) is 36.8 Å². The summed E-state index contributed by atoms with van der Waals surface area (Å²) < 4.78 is 31.5. The first-order valence-corrected chi connectivity index (χ1v) is 10.5. The van der Waals surface area contributed by atoms with Gasteiger partial charge in [0.05, 0.1) is 17.0 Å². The van der Waals surface area contributed by atoms with E-state index in [0.717, 1.165) is 6.07 Å². The molecule has 1 fully saturated rings. The summed E-state index contributed by atoms with van der Waals surface area (Å²) in [5.41, 5.74) is 0.591. The van der Waals surface area contributed by atoms with Crippen molar-refractivity contribution in [3.8, 4) is 0 Å². The smallest absolute Gasteiger partial charge is 0.173 e. The van der Waals surface area contributed by atoms with Crippen LogP contribution < -0.4 is 5.32 Å². The molecule has 12 heteroatoms. The Morgan fingerprint density at radius 3 is 2.67 bits per heavy atom. The monoisotopic (exact) mass is 482 g/mol. The summed E-state index contributed by atoms with van der Waals surface area (Å²) in [7, 11) is 3.05. The number of anilines is 1. The fraction of sp³-hybridized carbons (Fsp3) is 0.429. The van der Waals surface area contributed by atoms with Crippen LogP contribution >= 0.6 is 11.6 Å². The molecular weight excluding hydrogens is 459 g/mol. The van der Waals surface area contributed by atoms with Crippen molar-refractivity contribution in [2.24, 2.45) is 0 Å². The van der Waals surface area contributed by atoms with Crippen LogP contribution in [0.4, 0.5) is 10.2 Å². The lowest BCUT2D eigenvalue weighted by Gasteiger charge is -2.21. The quantitative estimate of drug-likeness (QED) is 0.353. The third-order valence-corrected chi connectivity index (χ3v) is 5.92. The molecule has 2 aromatic heterocycles. The molecule has 1 saturated heterocycles. The first kappa shape index (κ1) is 23.8. The molecule has 1 aromatic carbocycles. The predicted octanol–water partition coefficient (Wildman–Crippen LogP) is 1.61. The van der Waals surface area contributed by atoms with Crippen molar-refractivity contribution < 1.29 is 33.9 Å². The standard InChI is InChI=1S/C21H24ClFN4O6/c1-31-14(32-2)8-24-19-11-5-6-27(20(11)26-9-25-19)21-17(30)16(29)18(33-21)15(28)10-3-4-12(22)13(23)7-10/h3-7,9,14-18,21,28-30H,8H2,1-2H3,(H,24,25,26)/t15?,16-,17+,18+,21+/m0/s1. The van der Waals surface area contributed by atoms with Gasteiger partial charge in [-0.15, -0.1) is 0 Å². The van der Waals surface area contributed by atoms with E-state index in [4.69, 9.17) is 25.8 Å². The molecule has 178 valence electrons. The van der Waals surface area contributed by atoms with Crippen molar-refractivity contribution in [1.29, 1.82) is 0 Å². The zero-order valence-electron chi connectivity index (χ0n) is 17.8. The predicted molar refractivity (Wildman–Crippen MR) is 116 cm³/mol. The molecule has 0 radical (unpaired) electrons. The number of nitrogens with zero attached hydrogens (tertiary/aromatic N) is 3. The van der Waals surface area contributed by atoms with E-state index in [2.05, 4.69) is 15.3 Å². The Kier molecular flexibility index (Phi) is 7.10. The lowest BCUT2D eigenvalue weighted by molar-refractivity contribution is -0.0914. The number of methoxy groups -OCH3 is 2. The van der Waals surface area contributed by atoms with Crippen LogP contribution in [0.2, 0.25) is 5.02 Å². The maximum absolute atomic E-state index is 13.8. The number of aromatic nitrogens is 3. The van der Waals surface area contributed by atoms with Crippen molar-refractivity contribution in [3.63, 3.8) is 0 Å². The second-order valence-corrected chi connectivity index (χ2v) is 7.96. The van der Waals surface area contributed by atoms with Gasteiger partial charge in [0.1, 0.15) is 48.0 Å². The third-order valence-electron chi connectivity index (χ3n) is 5.62. The van der Waals surface area contributed by atoms with E-state index in [1.165, 1.54) is 37.2 Å². The summed E-state index contributed by atoms with van der Waals surface area (Å²) in [4.78, 5) is 8.51. The summed E-state index contributed by atoms with van der Waals surface area (Å²) in [6.45, 7) is 0.331. The zero-order valence-corrected chi connectivity index (χ0v) is 18.6. The maximum atomic E-state index is 13.8. The van der Waals surface area contributed by atoms with Gasteiger partial charge >= 0.3 is 0 Å². The molecule has 5 atom stereocenters. The van der Waals surface area contributed by atoms with Gasteiger partial charge in [-0.3, -0.25) is 0 Å². The van der Waals surface area contributed by atoms with Gasteiger partial charge in [0.15, 0.2) is 12.5 Å². The van der Waals surface area contributed by atoms with Gasteiger partial charge in [-0.2, -0.15) is 0 Å². The number of hydrogen-bond donors (Lipinski definition) is 4. The minimum Gasteiger partial charge on any atom is -0.387 e. The second-order valence-electron chi connectivity index (χ2n) is 7.56. The van der Waals surface area contributed by atoms with Crippen LogP contribution in [0.25, 0.3) is 11.0 Å². The molecule has 33 heavy (non-hydrogen) atoms. The molecule has 1 aliphatic rings. The number of aliphatic hydroxyl groups excluding tert-OH is 3. The lowest BCUT2D eigenvalue weighted by Crippen LogP contribution is -2.34. The molecule has 1 unspecified atom stereocenters. The van der Waals surface area contributed by atoms with Gasteiger partial charge in [-0.05, 0) is 23.8 Å². The average molecular weight is 483 g/mol. The van der Waals surface area contributed by atoms with E-state index in [9.17, 15) is 19.7 Å². The molecule has 0 saturated carbocycles. The van der Waals surface area contributed by atoms with E-state index in [-0.39, 0.29) is 10.6 Å². The molecule has 3 aromatic rings. The SMILES string of the molecule is COC(CNc1ncnc2c1ccn2[C@@H]1O[C@H](C(O)c2ccc(Cl)c(F)c2)[C@@H](O)[C@H]1O)OC. The fourth-order valence-electron chi connectivity index (χ4n) is 3.82. The fourth-order valence-corrected chi connectivity index (χ4v) is 3.94. The van der Waals surface area contributed by atoms with Crippen LogP contribution in [-0.2, 0) is 14.2 Å². The summed E-state index contributed by atoms with van der Waals surface area (Å²) in [6.07, 6.45) is -4.00. The molecule has 3 heterocycles. The Balaban J connectivity index is 1.58. The van der Waals surface area contributed by atoms with Crippen LogP contribution in [0.1, 0.15) is 17.9 Å². The van der Waals surface area contributed by atoms with Gasteiger partial charge < -0.3 is 39.4 Å². The van der Waals surface area contributed by atoms with Crippen LogP contribution in [0.5, 0.6) is 0 Å². The van der Waals surface area contributed by atoms with Gasteiger partial charge in [-0.1, -0.05) is 17.7 Å². The Morgan fingerprint density at radius 2 is 1.97 bits per heavy atom. The van der Waals surface area contributed by atoms with Crippen molar-refractivity contribution >= 4 is 28.5 Å². The molecule has 0 spiro atoms. The number of nitrogens with one attached hydrogen (secondary N) is 1. The highest BCUT2D eigenvalue weighted by atomic mass is 35.5. The van der Waals surface area contributed by atoms with Crippen molar-refractivity contribution in [2.45, 2.75) is 36.9 Å². The Bertz CT molecular complexity index is 1110. The number of fused-ring (bicyclic) bond motifs is 1. The first-order valence-electron chi connectivity index (χ1n) is 10.1. The zero-order chi connectivity index (χ0) is 23.7. The molecule has 10 nitrogen and oxygen atoms in total. The third kappa shape index (κ3) is 4.53. The molecule has 4 N–H and O–H groups in total. The van der Waals surface area contributed by atoms with Crippen LogP contribution in [0.3, 0.4) is 0 Å². The summed E-state index contributed by atoms with van der Waals surface area (Å²) >= 11 is 5.70. The summed E-state index contributed by atoms with van der Waals surface area (Å²) in [5.74, 6) is -0.200. The molecule has 0 aliphatic carbocycles. The summed E-state index contributed by atoms with van der Waals surface area (Å²) in [6, 6.07) is 5.52. The normalized spacial score (nSPS) is 24.0. The van der Waals surface area contributed by atoms with E-state index < -0.39 is 42.8 Å². The van der Waals surface area contributed by atoms with E-state index in [0.29, 0.717) is 23.4 Å². The first-order chi connectivity index (χ1) is 15.8. The molecule has 0 bridgehead atoms. The van der Waals surface area contributed by atoms with Gasteiger partial charge in [0.25, 0.3) is 0 Å². The number of benzene rings is 1. The Morgan fingerprint density at radius 1 is 1.21 bits per heavy atom. The topological polar surface area (TPSA) is 131 Å². The highest BCUT2D eigenvalue weighted by Gasteiger charge is 2.47. The minimum absolute atomic E-state index is 0.0954. The van der Waals surface area contributed by atoms with Gasteiger partial charge in [0.2, 0.25) is 0 Å². The number of hydrogen-bond acceptors (Lipinski definition) is 9. The Hall–Kier alpha value is -2.38. The maximum Gasteiger partial charge on any atom is 0.173 e. The number of rotatable bonds is 8. The average Bonchev–Trinajstić information content (AvgIpc) is 3.37. The van der Waals surface area contributed by atoms with E-state index in [1.807, 2.05) is 0 Å². The molecule has 4 rings (SSSR count). The molecule has 0 amide bonds. The van der Waals surface area contributed by atoms with Crippen molar-refractivity contribution in [3.05, 3.63) is 53.2 Å². The van der Waals surface area contributed by atoms with Crippen molar-refractivity contribution in [2.75, 3.05) is 26.1 Å². The lowest BCUT2D eigenvalue weighted by atomic mass is 9.99. The minimum atomic E-state index is -1.44. The number of halogens is 2. The van der Waals surface area contributed by atoms with E-state index >= 15 is 0 Å². The highest BCUT2D eigenvalue weighted by Crippen LogP contribution is 2.38. The second kappa shape index (κ2) is 9.85.